The van der Waals surface area contributed by atoms with Crippen molar-refractivity contribution in [3.8, 4) is 0 Å². The lowest BCUT2D eigenvalue weighted by atomic mass is 9.74. The lowest BCUT2D eigenvalue weighted by Crippen LogP contribution is -2.51. The number of amides is 1. The molecule has 0 aliphatic carbocycles. The molecule has 1 aromatic carbocycles. The predicted octanol–water partition coefficient (Wildman–Crippen LogP) is 1.76. The molecular formula is C16H23N3O. The maximum Gasteiger partial charge on any atom is 0.250 e. The largest absolute Gasteiger partial charge is 0.370 e. The van der Waals surface area contributed by atoms with E-state index in [4.69, 9.17) is 5.73 Å². The summed E-state index contributed by atoms with van der Waals surface area (Å²) in [6, 6.07) is 7.72. The summed E-state index contributed by atoms with van der Waals surface area (Å²) in [5, 5.41) is 3.54. The minimum Gasteiger partial charge on any atom is -0.370 e. The highest BCUT2D eigenvalue weighted by atomic mass is 16.1. The Bertz CT molecular complexity index is 489. The molecule has 2 aliphatic rings. The first-order chi connectivity index (χ1) is 9.70. The van der Waals surface area contributed by atoms with Crippen LogP contribution in [0.25, 0.3) is 0 Å². The van der Waals surface area contributed by atoms with Crippen molar-refractivity contribution in [2.24, 2.45) is 11.1 Å². The Morgan fingerprint density at radius 1 is 1.25 bits per heavy atom. The monoisotopic (exact) mass is 273 g/mol. The molecule has 0 aromatic heterocycles. The highest BCUT2D eigenvalue weighted by molar-refractivity contribution is 5.98. The molecule has 0 bridgehead atoms. The molecule has 1 aromatic rings. The van der Waals surface area contributed by atoms with Gasteiger partial charge in [0.15, 0.2) is 0 Å². The second-order valence-electron chi connectivity index (χ2n) is 6.19. The van der Waals surface area contributed by atoms with Crippen molar-refractivity contribution in [3.05, 3.63) is 29.8 Å². The van der Waals surface area contributed by atoms with Crippen molar-refractivity contribution in [3.63, 3.8) is 0 Å². The van der Waals surface area contributed by atoms with Crippen LogP contribution in [-0.2, 0) is 0 Å². The van der Waals surface area contributed by atoms with E-state index in [0.29, 0.717) is 11.0 Å². The van der Waals surface area contributed by atoms with E-state index < -0.39 is 0 Å². The van der Waals surface area contributed by atoms with Crippen LogP contribution >= 0.6 is 0 Å². The Morgan fingerprint density at radius 3 is 2.80 bits per heavy atom. The van der Waals surface area contributed by atoms with E-state index in [-0.39, 0.29) is 5.91 Å². The normalized spacial score (nSPS) is 26.7. The van der Waals surface area contributed by atoms with Crippen LogP contribution in [0.1, 0.15) is 36.0 Å². The van der Waals surface area contributed by atoms with Gasteiger partial charge in [-0.1, -0.05) is 12.1 Å². The molecule has 1 amide bonds. The van der Waals surface area contributed by atoms with Gasteiger partial charge in [0.1, 0.15) is 0 Å². The number of para-hydroxylation sites is 1. The summed E-state index contributed by atoms with van der Waals surface area (Å²) in [5.74, 6) is -0.331. The third-order valence-corrected chi connectivity index (χ3v) is 4.73. The number of piperidine rings is 2. The van der Waals surface area contributed by atoms with E-state index in [1.807, 2.05) is 24.3 Å². The summed E-state index contributed by atoms with van der Waals surface area (Å²) in [7, 11) is 0. The molecule has 2 fully saturated rings. The number of anilines is 1. The number of primary amides is 1. The molecule has 3 rings (SSSR count). The standard InChI is InChI=1S/C16H23N3O/c17-15(20)13-5-1-2-6-14(13)19-10-4-8-16(12-19)7-3-9-18-11-16/h1-2,5-6,18H,3-4,7-12H2,(H2,17,20). The lowest BCUT2D eigenvalue weighted by molar-refractivity contribution is 0.1000. The number of carbonyl (C=O) groups is 1. The highest BCUT2D eigenvalue weighted by Crippen LogP contribution is 2.38. The first kappa shape index (κ1) is 13.4. The van der Waals surface area contributed by atoms with Gasteiger partial charge in [-0.15, -0.1) is 0 Å². The van der Waals surface area contributed by atoms with Crippen molar-refractivity contribution in [2.75, 3.05) is 31.1 Å². The molecule has 1 atom stereocenters. The molecule has 0 radical (unpaired) electrons. The van der Waals surface area contributed by atoms with Gasteiger partial charge >= 0.3 is 0 Å². The molecule has 3 N–H and O–H groups in total. The summed E-state index contributed by atoms with van der Waals surface area (Å²) < 4.78 is 0. The van der Waals surface area contributed by atoms with Crippen molar-refractivity contribution in [1.82, 2.24) is 5.32 Å². The Kier molecular flexibility index (Phi) is 3.66. The van der Waals surface area contributed by atoms with Gasteiger partial charge in [-0.05, 0) is 44.4 Å². The SMILES string of the molecule is NC(=O)c1ccccc1N1CCCC2(CCCNC2)C1. The second-order valence-corrected chi connectivity index (χ2v) is 6.19. The molecule has 0 saturated carbocycles. The minimum absolute atomic E-state index is 0.331. The number of nitrogens with two attached hydrogens (primary N) is 1. The van der Waals surface area contributed by atoms with Crippen LogP contribution in [0.3, 0.4) is 0 Å². The van der Waals surface area contributed by atoms with Gasteiger partial charge in [0, 0.05) is 30.7 Å². The fraction of sp³-hybridized carbons (Fsp3) is 0.562. The van der Waals surface area contributed by atoms with E-state index >= 15 is 0 Å². The first-order valence-corrected chi connectivity index (χ1v) is 7.55. The van der Waals surface area contributed by atoms with Crippen LogP contribution in [0.15, 0.2) is 24.3 Å². The van der Waals surface area contributed by atoms with Gasteiger partial charge in [0.05, 0.1) is 5.56 Å². The summed E-state index contributed by atoms with van der Waals surface area (Å²) in [6.45, 7) is 4.29. The van der Waals surface area contributed by atoms with Gasteiger partial charge < -0.3 is 16.0 Å². The van der Waals surface area contributed by atoms with Gasteiger partial charge in [0.2, 0.25) is 0 Å². The van der Waals surface area contributed by atoms with Gasteiger partial charge in [-0.25, -0.2) is 0 Å². The van der Waals surface area contributed by atoms with Crippen molar-refractivity contribution >= 4 is 11.6 Å². The summed E-state index contributed by atoms with van der Waals surface area (Å²) >= 11 is 0. The Hall–Kier alpha value is -1.55. The van der Waals surface area contributed by atoms with Crippen LogP contribution in [-0.4, -0.2) is 32.1 Å². The third-order valence-electron chi connectivity index (χ3n) is 4.73. The molecule has 2 aliphatic heterocycles. The molecule has 2 saturated heterocycles. The van der Waals surface area contributed by atoms with Crippen molar-refractivity contribution in [2.45, 2.75) is 25.7 Å². The summed E-state index contributed by atoms with van der Waals surface area (Å²) in [4.78, 5) is 14.0. The molecule has 20 heavy (non-hydrogen) atoms. The second kappa shape index (κ2) is 5.44. The van der Waals surface area contributed by atoms with Crippen LogP contribution in [0.4, 0.5) is 5.69 Å². The van der Waals surface area contributed by atoms with Gasteiger partial charge in [0.25, 0.3) is 5.91 Å². The lowest BCUT2D eigenvalue weighted by Gasteiger charge is -2.46. The number of carbonyl (C=O) groups excluding carboxylic acids is 1. The number of benzene rings is 1. The van der Waals surface area contributed by atoms with Crippen LogP contribution < -0.4 is 16.0 Å². The fourth-order valence-electron chi connectivity index (χ4n) is 3.75. The molecule has 108 valence electrons. The third kappa shape index (κ3) is 2.52. The van der Waals surface area contributed by atoms with E-state index in [9.17, 15) is 4.79 Å². The smallest absolute Gasteiger partial charge is 0.250 e. The predicted molar refractivity (Wildman–Crippen MR) is 80.9 cm³/mol. The van der Waals surface area contributed by atoms with Gasteiger partial charge in [-0.2, -0.15) is 0 Å². The zero-order valence-corrected chi connectivity index (χ0v) is 11.9. The zero-order chi connectivity index (χ0) is 14.0. The first-order valence-electron chi connectivity index (χ1n) is 7.55. The van der Waals surface area contributed by atoms with E-state index in [0.717, 1.165) is 31.9 Å². The van der Waals surface area contributed by atoms with E-state index in [1.165, 1.54) is 25.7 Å². The maximum absolute atomic E-state index is 11.6. The van der Waals surface area contributed by atoms with Crippen molar-refractivity contribution in [1.29, 1.82) is 0 Å². The average Bonchev–Trinajstić information content (AvgIpc) is 2.48. The Balaban J connectivity index is 1.85. The quantitative estimate of drug-likeness (QED) is 0.863. The highest BCUT2D eigenvalue weighted by Gasteiger charge is 2.37. The zero-order valence-electron chi connectivity index (χ0n) is 11.9. The van der Waals surface area contributed by atoms with Crippen LogP contribution in [0.5, 0.6) is 0 Å². The van der Waals surface area contributed by atoms with E-state index in [2.05, 4.69) is 10.2 Å². The van der Waals surface area contributed by atoms with Crippen molar-refractivity contribution < 1.29 is 4.79 Å². The maximum atomic E-state index is 11.6. The topological polar surface area (TPSA) is 58.4 Å². The number of hydrogen-bond donors (Lipinski definition) is 2. The number of nitrogens with one attached hydrogen (secondary N) is 1. The number of rotatable bonds is 2. The number of nitrogens with zero attached hydrogens (tertiary/aromatic N) is 1. The molecule has 4 nitrogen and oxygen atoms in total. The Morgan fingerprint density at radius 2 is 2.05 bits per heavy atom. The summed E-state index contributed by atoms with van der Waals surface area (Å²) in [6.07, 6.45) is 5.02. The van der Waals surface area contributed by atoms with Gasteiger partial charge in [-0.3, -0.25) is 4.79 Å². The molecule has 1 spiro atoms. The molecule has 1 unspecified atom stereocenters. The average molecular weight is 273 g/mol. The van der Waals surface area contributed by atoms with E-state index in [1.54, 1.807) is 0 Å². The fourth-order valence-corrected chi connectivity index (χ4v) is 3.75. The summed E-state index contributed by atoms with van der Waals surface area (Å²) in [5.41, 5.74) is 7.54. The minimum atomic E-state index is -0.331. The Labute approximate surface area is 120 Å². The van der Waals surface area contributed by atoms with Crippen LogP contribution in [0.2, 0.25) is 0 Å². The van der Waals surface area contributed by atoms with Crippen LogP contribution in [0, 0.1) is 5.41 Å². The molecular weight excluding hydrogens is 250 g/mol. The molecule has 2 heterocycles. The molecule has 4 heteroatoms. The number of hydrogen-bond acceptors (Lipinski definition) is 3.